The third kappa shape index (κ3) is 3.09. The molecule has 122 valence electrons. The molecular weight excluding hydrogens is 309 g/mol. The van der Waals surface area contributed by atoms with Gasteiger partial charge >= 0.3 is 0 Å². The summed E-state index contributed by atoms with van der Waals surface area (Å²) in [5, 5.41) is 4.16. The molecule has 1 atom stereocenters. The number of halogens is 1. The maximum absolute atomic E-state index is 14.8. The number of nitrogens with zero attached hydrogens (tertiary/aromatic N) is 2. The van der Waals surface area contributed by atoms with E-state index in [9.17, 15) is 4.39 Å². The average molecular weight is 331 g/mol. The fourth-order valence-electron chi connectivity index (χ4n) is 3.33. The summed E-state index contributed by atoms with van der Waals surface area (Å²) in [5.41, 5.74) is 1.71. The van der Waals surface area contributed by atoms with Crippen molar-refractivity contribution in [3.05, 3.63) is 52.9 Å². The molecule has 2 aromatic rings. The lowest BCUT2D eigenvalue weighted by Gasteiger charge is -2.36. The van der Waals surface area contributed by atoms with Crippen LogP contribution in [-0.4, -0.2) is 35.6 Å². The van der Waals surface area contributed by atoms with E-state index in [2.05, 4.69) is 28.3 Å². The lowest BCUT2D eigenvalue weighted by atomic mass is 10.00. The van der Waals surface area contributed by atoms with Crippen molar-refractivity contribution in [1.82, 2.24) is 14.8 Å². The molecular formula is C18H22FN3S. The van der Waals surface area contributed by atoms with E-state index in [-0.39, 0.29) is 11.9 Å². The van der Waals surface area contributed by atoms with Gasteiger partial charge in [-0.15, -0.1) is 6.58 Å². The van der Waals surface area contributed by atoms with Crippen molar-refractivity contribution in [2.24, 2.45) is 0 Å². The first-order valence-corrected chi connectivity index (χ1v) is 8.44. The Balaban J connectivity index is 2.17. The van der Waals surface area contributed by atoms with Crippen LogP contribution in [-0.2, 0) is 6.54 Å². The van der Waals surface area contributed by atoms with E-state index in [1.807, 2.05) is 24.4 Å². The molecule has 2 heterocycles. The highest BCUT2D eigenvalue weighted by atomic mass is 32.1. The van der Waals surface area contributed by atoms with Crippen LogP contribution < -0.4 is 5.32 Å². The first-order valence-electron chi connectivity index (χ1n) is 8.04. The molecule has 1 aromatic carbocycles. The van der Waals surface area contributed by atoms with Crippen LogP contribution in [0.15, 0.2) is 37.1 Å². The molecule has 1 aliphatic rings. The Bertz CT molecular complexity index is 784. The summed E-state index contributed by atoms with van der Waals surface area (Å²) in [6.45, 7) is 10.2. The highest BCUT2D eigenvalue weighted by molar-refractivity contribution is 7.71. The Hall–Kier alpha value is -1.56. The SMILES string of the molecule is C=CCn1ccc(=S)c2cc(F)c(C3CNCCN3CC)cc21. The molecule has 1 aromatic heterocycles. The van der Waals surface area contributed by atoms with Crippen molar-refractivity contribution in [2.75, 3.05) is 26.2 Å². The van der Waals surface area contributed by atoms with Crippen LogP contribution in [0.4, 0.5) is 4.39 Å². The van der Waals surface area contributed by atoms with Crippen molar-refractivity contribution >= 4 is 23.1 Å². The van der Waals surface area contributed by atoms with Gasteiger partial charge in [0.2, 0.25) is 0 Å². The van der Waals surface area contributed by atoms with Gasteiger partial charge in [0.05, 0.1) is 11.6 Å². The lowest BCUT2D eigenvalue weighted by molar-refractivity contribution is 0.167. The van der Waals surface area contributed by atoms with Gasteiger partial charge in [-0.3, -0.25) is 4.90 Å². The minimum Gasteiger partial charge on any atom is -0.344 e. The first-order chi connectivity index (χ1) is 11.2. The Morgan fingerprint density at radius 2 is 2.30 bits per heavy atom. The highest BCUT2D eigenvalue weighted by Crippen LogP contribution is 2.29. The number of fused-ring (bicyclic) bond motifs is 1. The lowest BCUT2D eigenvalue weighted by Crippen LogP contribution is -2.46. The number of allylic oxidation sites excluding steroid dienone is 1. The van der Waals surface area contributed by atoms with Crippen LogP contribution in [0.25, 0.3) is 10.9 Å². The topological polar surface area (TPSA) is 20.2 Å². The molecule has 0 spiro atoms. The molecule has 0 saturated carbocycles. The van der Waals surface area contributed by atoms with E-state index in [1.54, 1.807) is 6.07 Å². The number of aromatic nitrogens is 1. The van der Waals surface area contributed by atoms with E-state index >= 15 is 0 Å². The highest BCUT2D eigenvalue weighted by Gasteiger charge is 2.25. The standard InChI is InChI=1S/C18H22FN3S/c1-3-7-22-8-5-18(23)14-10-15(19)13(11-16(14)22)17-12-20-6-9-21(17)4-2/h3,5,8,10-11,17,20H,1,4,6-7,9,12H2,2H3. The minimum absolute atomic E-state index is 0.0594. The predicted molar refractivity (Wildman–Crippen MR) is 95.8 cm³/mol. The molecule has 1 unspecified atom stereocenters. The van der Waals surface area contributed by atoms with E-state index < -0.39 is 0 Å². The molecule has 3 rings (SSSR count). The number of benzene rings is 1. The van der Waals surface area contributed by atoms with Gasteiger partial charge in [-0.05, 0) is 24.7 Å². The number of hydrogen-bond donors (Lipinski definition) is 1. The van der Waals surface area contributed by atoms with Gasteiger partial charge < -0.3 is 9.88 Å². The second kappa shape index (κ2) is 6.91. The van der Waals surface area contributed by atoms with Crippen LogP contribution in [0.5, 0.6) is 0 Å². The van der Waals surface area contributed by atoms with Crippen LogP contribution in [0.1, 0.15) is 18.5 Å². The molecule has 23 heavy (non-hydrogen) atoms. The largest absolute Gasteiger partial charge is 0.344 e. The molecule has 1 fully saturated rings. The summed E-state index contributed by atoms with van der Waals surface area (Å²) >= 11 is 5.37. The zero-order valence-corrected chi connectivity index (χ0v) is 14.2. The van der Waals surface area contributed by atoms with Gasteiger partial charge in [-0.25, -0.2) is 4.39 Å². The molecule has 0 amide bonds. The van der Waals surface area contributed by atoms with Gasteiger partial charge in [0, 0.05) is 47.8 Å². The molecule has 1 N–H and O–H groups in total. The third-order valence-corrected chi connectivity index (χ3v) is 4.90. The Morgan fingerprint density at radius 3 is 3.04 bits per heavy atom. The van der Waals surface area contributed by atoms with E-state index in [0.717, 1.165) is 42.6 Å². The smallest absolute Gasteiger partial charge is 0.128 e. The molecule has 1 saturated heterocycles. The number of piperazine rings is 1. The molecule has 5 heteroatoms. The fourth-order valence-corrected chi connectivity index (χ4v) is 3.55. The van der Waals surface area contributed by atoms with Crippen molar-refractivity contribution in [3.63, 3.8) is 0 Å². The third-order valence-electron chi connectivity index (χ3n) is 4.54. The van der Waals surface area contributed by atoms with Gasteiger partial charge in [-0.2, -0.15) is 0 Å². The summed E-state index contributed by atoms with van der Waals surface area (Å²) in [4.78, 5) is 2.32. The molecule has 3 nitrogen and oxygen atoms in total. The van der Waals surface area contributed by atoms with Crippen molar-refractivity contribution in [3.8, 4) is 0 Å². The average Bonchev–Trinajstić information content (AvgIpc) is 2.57. The van der Waals surface area contributed by atoms with E-state index in [1.165, 1.54) is 0 Å². The van der Waals surface area contributed by atoms with Crippen LogP contribution in [0, 0.1) is 10.3 Å². The second-order valence-corrected chi connectivity index (χ2v) is 6.30. The summed E-state index contributed by atoms with van der Waals surface area (Å²) in [6, 6.07) is 5.46. The maximum Gasteiger partial charge on any atom is 0.128 e. The Kier molecular flexibility index (Phi) is 4.90. The Labute approximate surface area is 141 Å². The molecule has 0 bridgehead atoms. The molecule has 0 radical (unpaired) electrons. The van der Waals surface area contributed by atoms with E-state index in [0.29, 0.717) is 11.1 Å². The zero-order valence-electron chi connectivity index (χ0n) is 13.4. The maximum atomic E-state index is 14.8. The van der Waals surface area contributed by atoms with Crippen LogP contribution in [0.2, 0.25) is 0 Å². The molecule has 1 aliphatic heterocycles. The van der Waals surface area contributed by atoms with Crippen LogP contribution >= 0.6 is 12.2 Å². The second-order valence-electron chi connectivity index (χ2n) is 5.86. The Morgan fingerprint density at radius 1 is 1.48 bits per heavy atom. The van der Waals surface area contributed by atoms with Gasteiger partial charge in [0.25, 0.3) is 0 Å². The summed E-state index contributed by atoms with van der Waals surface area (Å²) in [7, 11) is 0. The normalized spacial score (nSPS) is 19.1. The fraction of sp³-hybridized carbons (Fsp3) is 0.389. The number of pyridine rings is 1. The van der Waals surface area contributed by atoms with Crippen molar-refractivity contribution < 1.29 is 4.39 Å². The molecule has 0 aliphatic carbocycles. The zero-order chi connectivity index (χ0) is 16.4. The van der Waals surface area contributed by atoms with Gasteiger partial charge in [0.1, 0.15) is 5.82 Å². The predicted octanol–water partition coefficient (Wildman–Crippen LogP) is 3.66. The first kappa shape index (κ1) is 16.3. The van der Waals surface area contributed by atoms with Crippen molar-refractivity contribution in [2.45, 2.75) is 19.5 Å². The van der Waals surface area contributed by atoms with E-state index in [4.69, 9.17) is 12.2 Å². The number of nitrogens with one attached hydrogen (secondary N) is 1. The minimum atomic E-state index is -0.174. The number of likely N-dealkylation sites (N-methyl/N-ethyl adjacent to an activating group) is 1. The van der Waals surface area contributed by atoms with Crippen molar-refractivity contribution in [1.29, 1.82) is 0 Å². The van der Waals surface area contributed by atoms with Gasteiger partial charge in [-0.1, -0.05) is 25.2 Å². The number of hydrogen-bond acceptors (Lipinski definition) is 3. The quantitative estimate of drug-likeness (QED) is 0.682. The number of rotatable bonds is 4. The summed E-state index contributed by atoms with van der Waals surface area (Å²) in [5.74, 6) is -0.174. The monoisotopic (exact) mass is 331 g/mol. The van der Waals surface area contributed by atoms with Crippen LogP contribution in [0.3, 0.4) is 0 Å². The summed E-state index contributed by atoms with van der Waals surface area (Å²) in [6.07, 6.45) is 3.79. The summed E-state index contributed by atoms with van der Waals surface area (Å²) < 4.78 is 17.5. The van der Waals surface area contributed by atoms with Gasteiger partial charge in [0.15, 0.2) is 0 Å².